The zero-order chi connectivity index (χ0) is 24.0. The summed E-state index contributed by atoms with van der Waals surface area (Å²) in [5.41, 5.74) is 2.93. The summed E-state index contributed by atoms with van der Waals surface area (Å²) in [7, 11) is 0. The van der Waals surface area contributed by atoms with Crippen LogP contribution in [0.5, 0.6) is 0 Å². The number of hydrogen-bond donors (Lipinski definition) is 2. The van der Waals surface area contributed by atoms with Crippen molar-refractivity contribution in [3.63, 3.8) is 0 Å². The van der Waals surface area contributed by atoms with E-state index in [-0.39, 0.29) is 18.5 Å². The summed E-state index contributed by atoms with van der Waals surface area (Å²) in [6.07, 6.45) is 0.754. The van der Waals surface area contributed by atoms with Gasteiger partial charge in [0.05, 0.1) is 18.2 Å². The lowest BCUT2D eigenvalue weighted by Gasteiger charge is -2.35. The third kappa shape index (κ3) is 5.54. The molecule has 0 aromatic heterocycles. The van der Waals surface area contributed by atoms with Crippen molar-refractivity contribution < 1.29 is 19.1 Å². The highest BCUT2D eigenvalue weighted by atomic mass is 35.5. The van der Waals surface area contributed by atoms with Gasteiger partial charge < -0.3 is 15.4 Å². The van der Waals surface area contributed by atoms with Crippen molar-refractivity contribution in [1.82, 2.24) is 10.2 Å². The van der Waals surface area contributed by atoms with Crippen LogP contribution in [0, 0.1) is 0 Å². The summed E-state index contributed by atoms with van der Waals surface area (Å²) in [6.45, 7) is 6.19. The summed E-state index contributed by atoms with van der Waals surface area (Å²) < 4.78 is 5.26. The van der Waals surface area contributed by atoms with Gasteiger partial charge >= 0.3 is 12.0 Å². The Hall–Kier alpha value is -3.32. The first-order chi connectivity index (χ1) is 15.9. The molecule has 0 saturated carbocycles. The topological polar surface area (TPSA) is 87.7 Å². The molecule has 1 heterocycles. The van der Waals surface area contributed by atoms with E-state index in [1.54, 1.807) is 55.1 Å². The second-order valence-corrected chi connectivity index (χ2v) is 8.07. The number of hydrogen-bond acceptors (Lipinski definition) is 4. The minimum absolute atomic E-state index is 0.232. The largest absolute Gasteiger partial charge is 0.463 e. The van der Waals surface area contributed by atoms with Crippen molar-refractivity contribution in [2.75, 3.05) is 18.5 Å². The van der Waals surface area contributed by atoms with Gasteiger partial charge in [0.15, 0.2) is 0 Å². The molecule has 33 heavy (non-hydrogen) atoms. The monoisotopic (exact) mass is 469 g/mol. The van der Waals surface area contributed by atoms with Gasteiger partial charge in [0.2, 0.25) is 5.91 Å². The number of alkyl halides is 1. The van der Waals surface area contributed by atoms with E-state index in [1.165, 1.54) is 0 Å². The number of carbonyl (C=O) groups is 3. The van der Waals surface area contributed by atoms with Gasteiger partial charge in [0, 0.05) is 17.9 Å². The number of carbonyl (C=O) groups excluding carboxylic acids is 3. The summed E-state index contributed by atoms with van der Waals surface area (Å²) in [5.74, 6) is -0.814. The molecule has 3 amide bonds. The molecule has 2 N–H and O–H groups in total. The van der Waals surface area contributed by atoms with Crippen LogP contribution in [-0.4, -0.2) is 36.0 Å². The Labute approximate surface area is 198 Å². The highest BCUT2D eigenvalue weighted by Gasteiger charge is 2.36. The number of amides is 3. The third-order valence-corrected chi connectivity index (χ3v) is 5.82. The van der Waals surface area contributed by atoms with E-state index < -0.39 is 17.4 Å². The van der Waals surface area contributed by atoms with E-state index in [1.807, 2.05) is 25.1 Å². The maximum atomic E-state index is 12.7. The van der Waals surface area contributed by atoms with Crippen molar-refractivity contribution in [2.45, 2.75) is 38.6 Å². The number of halogens is 1. The lowest BCUT2D eigenvalue weighted by atomic mass is 9.94. The van der Waals surface area contributed by atoms with Gasteiger partial charge in [0.25, 0.3) is 0 Å². The number of nitrogens with one attached hydrogen (secondary N) is 2. The lowest BCUT2D eigenvalue weighted by Crippen LogP contribution is -2.48. The van der Waals surface area contributed by atoms with Gasteiger partial charge in [-0.05, 0) is 43.5 Å². The Kier molecular flexibility index (Phi) is 8.11. The zero-order valence-corrected chi connectivity index (χ0v) is 19.7. The van der Waals surface area contributed by atoms with Crippen molar-refractivity contribution in [2.24, 2.45) is 0 Å². The number of rotatable bonds is 8. The molecule has 0 radical (unpaired) electrons. The van der Waals surface area contributed by atoms with Crippen LogP contribution >= 0.6 is 11.6 Å². The van der Waals surface area contributed by atoms with E-state index in [0.29, 0.717) is 34.6 Å². The number of allylic oxidation sites excluding steroid dienone is 1. The number of anilines is 1. The third-order valence-electron chi connectivity index (χ3n) is 5.37. The quantitative estimate of drug-likeness (QED) is 0.424. The highest BCUT2D eigenvalue weighted by Crippen LogP contribution is 2.32. The molecular weight excluding hydrogens is 442 g/mol. The molecule has 2 aromatic carbocycles. The minimum Gasteiger partial charge on any atom is -0.463 e. The Morgan fingerprint density at radius 3 is 2.39 bits per heavy atom. The molecular formula is C25H28ClN3O4. The normalized spacial score (nSPS) is 16.8. The smallest absolute Gasteiger partial charge is 0.338 e. The molecule has 0 fully saturated rings. The van der Waals surface area contributed by atoms with E-state index >= 15 is 0 Å². The standard InChI is InChI=1S/C25H28ClN3O4/c1-4-15-29-16(3)20(24(31)33-5-2)22(28-25(29)32)18-11-13-19(14-12-18)27-23(30)21(26)17-9-7-6-8-10-17/h6-14,21-22H,4-5,15H2,1-3H3,(H,27,30)(H,28,32). The first kappa shape index (κ1) is 24.3. The fourth-order valence-corrected chi connectivity index (χ4v) is 3.94. The average Bonchev–Trinajstić information content (AvgIpc) is 2.82. The van der Waals surface area contributed by atoms with Crippen LogP contribution in [0.15, 0.2) is 65.9 Å². The molecule has 1 aliphatic heterocycles. The van der Waals surface area contributed by atoms with E-state index in [2.05, 4.69) is 10.6 Å². The van der Waals surface area contributed by atoms with Gasteiger partial charge in [-0.3, -0.25) is 9.69 Å². The first-order valence-corrected chi connectivity index (χ1v) is 11.4. The summed E-state index contributed by atoms with van der Waals surface area (Å²) in [6, 6.07) is 15.1. The van der Waals surface area contributed by atoms with Crippen molar-refractivity contribution >= 4 is 35.2 Å². The van der Waals surface area contributed by atoms with Crippen molar-refractivity contribution in [1.29, 1.82) is 0 Å². The molecule has 3 rings (SSSR count). The fourth-order valence-electron chi connectivity index (χ4n) is 3.74. The Balaban J connectivity index is 1.82. The second kappa shape index (κ2) is 11.0. The van der Waals surface area contributed by atoms with Crippen molar-refractivity contribution in [3.8, 4) is 0 Å². The Morgan fingerprint density at radius 1 is 1.12 bits per heavy atom. The van der Waals surface area contributed by atoms with Gasteiger partial charge in [-0.25, -0.2) is 9.59 Å². The summed E-state index contributed by atoms with van der Waals surface area (Å²) >= 11 is 6.29. The average molecular weight is 470 g/mol. The maximum Gasteiger partial charge on any atom is 0.338 e. The zero-order valence-electron chi connectivity index (χ0n) is 18.9. The SMILES string of the molecule is CCCN1C(=O)NC(c2ccc(NC(=O)C(Cl)c3ccccc3)cc2)C(C(=O)OCC)=C1C. The summed E-state index contributed by atoms with van der Waals surface area (Å²) in [5, 5.41) is 4.88. The van der Waals surface area contributed by atoms with Gasteiger partial charge in [-0.2, -0.15) is 0 Å². The van der Waals surface area contributed by atoms with E-state index in [4.69, 9.17) is 16.3 Å². The van der Waals surface area contributed by atoms with E-state index in [0.717, 1.165) is 6.42 Å². The molecule has 8 heteroatoms. The highest BCUT2D eigenvalue weighted by molar-refractivity contribution is 6.32. The first-order valence-electron chi connectivity index (χ1n) is 10.9. The van der Waals surface area contributed by atoms with Gasteiger partial charge in [-0.15, -0.1) is 11.6 Å². The van der Waals surface area contributed by atoms with Crippen LogP contribution in [0.4, 0.5) is 10.5 Å². The molecule has 7 nitrogen and oxygen atoms in total. The number of urea groups is 1. The summed E-state index contributed by atoms with van der Waals surface area (Å²) in [4.78, 5) is 39.5. The molecule has 2 aromatic rings. The van der Waals surface area contributed by atoms with Crippen LogP contribution in [0.3, 0.4) is 0 Å². The van der Waals surface area contributed by atoms with E-state index in [9.17, 15) is 14.4 Å². The minimum atomic E-state index is -0.825. The van der Waals surface area contributed by atoms with Crippen LogP contribution in [0.2, 0.25) is 0 Å². The molecule has 0 spiro atoms. The molecule has 174 valence electrons. The molecule has 0 bridgehead atoms. The molecule has 2 atom stereocenters. The number of nitrogens with zero attached hydrogens (tertiary/aromatic N) is 1. The molecule has 2 unspecified atom stereocenters. The van der Waals surface area contributed by atoms with Crippen LogP contribution < -0.4 is 10.6 Å². The molecule has 1 aliphatic rings. The predicted octanol–water partition coefficient (Wildman–Crippen LogP) is 4.92. The Morgan fingerprint density at radius 2 is 1.79 bits per heavy atom. The number of ether oxygens (including phenoxy) is 1. The van der Waals surface area contributed by atoms with Gasteiger partial charge in [-0.1, -0.05) is 49.4 Å². The Bertz CT molecular complexity index is 1040. The van der Waals surface area contributed by atoms with Crippen LogP contribution in [0.1, 0.15) is 49.7 Å². The second-order valence-electron chi connectivity index (χ2n) is 7.64. The van der Waals surface area contributed by atoms with Crippen LogP contribution in [-0.2, 0) is 14.3 Å². The number of esters is 1. The lowest BCUT2D eigenvalue weighted by molar-refractivity contribution is -0.139. The number of benzene rings is 2. The molecule has 0 saturated heterocycles. The fraction of sp³-hybridized carbons (Fsp3) is 0.320. The molecule has 0 aliphatic carbocycles. The van der Waals surface area contributed by atoms with Crippen LogP contribution in [0.25, 0.3) is 0 Å². The van der Waals surface area contributed by atoms with Gasteiger partial charge in [0.1, 0.15) is 5.38 Å². The maximum absolute atomic E-state index is 12.7. The van der Waals surface area contributed by atoms with Crippen molar-refractivity contribution in [3.05, 3.63) is 77.0 Å². The predicted molar refractivity (Wildman–Crippen MR) is 128 cm³/mol.